The van der Waals surface area contributed by atoms with Gasteiger partial charge in [-0.1, -0.05) is 13.8 Å². The maximum Gasteiger partial charge on any atom is 0.306 e. The molecule has 2 atom stereocenters. The Morgan fingerprint density at radius 2 is 2.21 bits per heavy atom. The zero-order valence-corrected chi connectivity index (χ0v) is 12.5. The molecule has 6 heteroatoms. The van der Waals surface area contributed by atoms with Crippen LogP contribution in [0.25, 0.3) is 0 Å². The molecule has 112 valence electrons. The molecule has 0 aromatic rings. The van der Waals surface area contributed by atoms with Crippen LogP contribution in [0.2, 0.25) is 0 Å². The predicted octanol–water partition coefficient (Wildman–Crippen LogP) is 1.24. The van der Waals surface area contributed by atoms with Gasteiger partial charge < -0.3 is 15.8 Å². The number of hydrogen-bond acceptors (Lipinski definition) is 4. The second kappa shape index (κ2) is 9.15. The second-order valence-electron chi connectivity index (χ2n) is 5.35. The number of amides is 1. The summed E-state index contributed by atoms with van der Waals surface area (Å²) in [6, 6.07) is 0. The summed E-state index contributed by atoms with van der Waals surface area (Å²) in [5, 5.41) is 2.70. The molecule has 1 saturated heterocycles. The fourth-order valence-corrected chi connectivity index (χ4v) is 2.23. The van der Waals surface area contributed by atoms with Crippen LogP contribution in [0.15, 0.2) is 0 Å². The maximum atomic E-state index is 11.7. The van der Waals surface area contributed by atoms with Gasteiger partial charge >= 0.3 is 5.97 Å². The summed E-state index contributed by atoms with van der Waals surface area (Å²) in [6.45, 7) is 5.35. The van der Waals surface area contributed by atoms with E-state index in [2.05, 4.69) is 19.2 Å². The lowest BCUT2D eigenvalue weighted by molar-refractivity contribution is -0.158. The van der Waals surface area contributed by atoms with Gasteiger partial charge in [-0.05, 0) is 37.6 Å². The molecule has 0 aromatic heterocycles. The molecule has 1 unspecified atom stereocenters. The number of carbonyl (C=O) groups is 2. The second-order valence-corrected chi connectivity index (χ2v) is 5.35. The van der Waals surface area contributed by atoms with Crippen LogP contribution in [0.5, 0.6) is 0 Å². The minimum atomic E-state index is -0.608. The van der Waals surface area contributed by atoms with Crippen LogP contribution < -0.4 is 11.1 Å². The first-order chi connectivity index (χ1) is 8.52. The molecule has 5 nitrogen and oxygen atoms in total. The van der Waals surface area contributed by atoms with Crippen molar-refractivity contribution in [2.45, 2.75) is 45.6 Å². The molecular weight excluding hydrogens is 268 g/mol. The van der Waals surface area contributed by atoms with E-state index in [0.29, 0.717) is 31.8 Å². The van der Waals surface area contributed by atoms with Crippen LogP contribution >= 0.6 is 12.4 Å². The molecule has 3 N–H and O–H groups in total. The van der Waals surface area contributed by atoms with Crippen LogP contribution in [0.1, 0.15) is 39.5 Å². The van der Waals surface area contributed by atoms with Crippen molar-refractivity contribution in [3.63, 3.8) is 0 Å². The number of carbonyl (C=O) groups excluding carboxylic acids is 2. The first-order valence-corrected chi connectivity index (χ1v) is 6.70. The van der Waals surface area contributed by atoms with Crippen molar-refractivity contribution in [2.75, 3.05) is 13.1 Å². The lowest BCUT2D eigenvalue weighted by atomic mass is 9.94. The quantitative estimate of drug-likeness (QED) is 0.722. The molecule has 1 aliphatic rings. The van der Waals surface area contributed by atoms with Gasteiger partial charge in [-0.25, -0.2) is 0 Å². The number of nitrogens with one attached hydrogen (secondary N) is 1. The van der Waals surface area contributed by atoms with E-state index in [4.69, 9.17) is 10.5 Å². The highest BCUT2D eigenvalue weighted by molar-refractivity contribution is 5.85. The van der Waals surface area contributed by atoms with Gasteiger partial charge in [0, 0.05) is 13.0 Å². The number of ether oxygens (including phenoxy) is 1. The molecular formula is C13H25ClN2O3. The van der Waals surface area contributed by atoms with E-state index in [0.717, 1.165) is 12.8 Å². The van der Waals surface area contributed by atoms with Gasteiger partial charge in [0.2, 0.25) is 0 Å². The molecule has 0 spiro atoms. The van der Waals surface area contributed by atoms with E-state index >= 15 is 0 Å². The minimum absolute atomic E-state index is 0. The zero-order valence-electron chi connectivity index (χ0n) is 11.7. The fourth-order valence-electron chi connectivity index (χ4n) is 2.23. The number of rotatable bonds is 6. The molecule has 1 amide bonds. The average molecular weight is 293 g/mol. The molecule has 19 heavy (non-hydrogen) atoms. The number of esters is 1. The Kier molecular flexibility index (Phi) is 8.76. The van der Waals surface area contributed by atoms with E-state index < -0.39 is 6.10 Å². The van der Waals surface area contributed by atoms with Crippen molar-refractivity contribution in [1.29, 1.82) is 0 Å². The van der Waals surface area contributed by atoms with Gasteiger partial charge in [0.25, 0.3) is 5.91 Å². The van der Waals surface area contributed by atoms with Crippen LogP contribution in [-0.4, -0.2) is 31.1 Å². The van der Waals surface area contributed by atoms with Crippen LogP contribution in [-0.2, 0) is 14.3 Å². The van der Waals surface area contributed by atoms with Crippen molar-refractivity contribution in [3.8, 4) is 0 Å². The van der Waals surface area contributed by atoms with E-state index in [1.807, 2.05) is 0 Å². The van der Waals surface area contributed by atoms with Crippen molar-refractivity contribution in [2.24, 2.45) is 17.6 Å². The molecule has 0 saturated carbocycles. The lowest BCUT2D eigenvalue weighted by Crippen LogP contribution is -2.42. The van der Waals surface area contributed by atoms with E-state index in [9.17, 15) is 9.59 Å². The number of hydrogen-bond donors (Lipinski definition) is 2. The summed E-state index contributed by atoms with van der Waals surface area (Å²) in [5.74, 6) is 0.157. The molecule has 0 aromatic carbocycles. The molecule has 1 heterocycles. The first kappa shape index (κ1) is 18.2. The molecule has 0 radical (unpaired) electrons. The van der Waals surface area contributed by atoms with Crippen LogP contribution in [0.3, 0.4) is 0 Å². The summed E-state index contributed by atoms with van der Waals surface area (Å²) in [5.41, 5.74) is 5.64. The standard InChI is InChI=1S/C13H24N2O3.ClH/c1-9(2)6-10(8-14)7-12(16)18-11-4-3-5-15-13(11)17;/h9-11H,3-8,14H2,1-2H3,(H,15,17);1H/t10-,11?;/m0./s1. The Hall–Kier alpha value is -0.810. The minimum Gasteiger partial charge on any atom is -0.452 e. The van der Waals surface area contributed by atoms with Gasteiger partial charge in [-0.2, -0.15) is 0 Å². The molecule has 1 aliphatic heterocycles. The zero-order chi connectivity index (χ0) is 13.5. The lowest BCUT2D eigenvalue weighted by Gasteiger charge is -2.23. The van der Waals surface area contributed by atoms with Crippen molar-refractivity contribution >= 4 is 24.3 Å². The monoisotopic (exact) mass is 292 g/mol. The summed E-state index contributed by atoms with van der Waals surface area (Å²) in [4.78, 5) is 23.2. The Balaban J connectivity index is 0.00000324. The third kappa shape index (κ3) is 6.78. The molecule has 0 aliphatic carbocycles. The van der Waals surface area contributed by atoms with E-state index in [1.165, 1.54) is 0 Å². The van der Waals surface area contributed by atoms with Gasteiger partial charge in [0.05, 0.1) is 0 Å². The summed E-state index contributed by atoms with van der Waals surface area (Å²) < 4.78 is 5.21. The smallest absolute Gasteiger partial charge is 0.306 e. The molecule has 0 bridgehead atoms. The van der Waals surface area contributed by atoms with Gasteiger partial charge in [-0.3, -0.25) is 9.59 Å². The Morgan fingerprint density at radius 1 is 1.53 bits per heavy atom. The Bertz CT molecular complexity index is 298. The molecule has 1 rings (SSSR count). The topological polar surface area (TPSA) is 81.4 Å². The van der Waals surface area contributed by atoms with Crippen molar-refractivity contribution in [3.05, 3.63) is 0 Å². The third-order valence-electron chi connectivity index (χ3n) is 3.10. The van der Waals surface area contributed by atoms with Crippen molar-refractivity contribution in [1.82, 2.24) is 5.32 Å². The number of halogens is 1. The number of piperidine rings is 1. The van der Waals surface area contributed by atoms with Gasteiger partial charge in [0.1, 0.15) is 0 Å². The SMILES string of the molecule is CC(C)C[C@H](CN)CC(=O)OC1CCCNC1=O.Cl. The predicted molar refractivity (Wildman–Crippen MR) is 76.0 cm³/mol. The van der Waals surface area contributed by atoms with E-state index in [-0.39, 0.29) is 30.2 Å². The highest BCUT2D eigenvalue weighted by Gasteiger charge is 2.26. The fraction of sp³-hybridized carbons (Fsp3) is 0.846. The van der Waals surface area contributed by atoms with Gasteiger partial charge in [-0.15, -0.1) is 12.4 Å². The Labute approximate surface area is 121 Å². The summed E-state index contributed by atoms with van der Waals surface area (Å²) in [7, 11) is 0. The molecule has 1 fully saturated rings. The largest absolute Gasteiger partial charge is 0.452 e. The van der Waals surface area contributed by atoms with Crippen LogP contribution in [0, 0.1) is 11.8 Å². The average Bonchev–Trinajstić information content (AvgIpc) is 2.30. The van der Waals surface area contributed by atoms with Gasteiger partial charge in [0.15, 0.2) is 6.10 Å². The maximum absolute atomic E-state index is 11.7. The normalized spacial score (nSPS) is 20.4. The number of nitrogens with two attached hydrogens (primary N) is 1. The summed E-state index contributed by atoms with van der Waals surface area (Å²) >= 11 is 0. The Morgan fingerprint density at radius 3 is 2.74 bits per heavy atom. The third-order valence-corrected chi connectivity index (χ3v) is 3.10. The highest BCUT2D eigenvalue weighted by atomic mass is 35.5. The van der Waals surface area contributed by atoms with Crippen molar-refractivity contribution < 1.29 is 14.3 Å². The highest BCUT2D eigenvalue weighted by Crippen LogP contribution is 2.16. The summed E-state index contributed by atoms with van der Waals surface area (Å²) in [6.07, 6.45) is 2.08. The van der Waals surface area contributed by atoms with Crippen LogP contribution in [0.4, 0.5) is 0 Å². The van der Waals surface area contributed by atoms with E-state index in [1.54, 1.807) is 0 Å². The first-order valence-electron chi connectivity index (χ1n) is 6.70.